The number of carboxylic acids is 1. The first-order valence-corrected chi connectivity index (χ1v) is 7.42. The van der Waals surface area contributed by atoms with Gasteiger partial charge in [0.15, 0.2) is 11.3 Å². The van der Waals surface area contributed by atoms with E-state index < -0.39 is 33.3 Å². The van der Waals surface area contributed by atoms with Crippen molar-refractivity contribution < 1.29 is 24.2 Å². The lowest BCUT2D eigenvalue weighted by Crippen LogP contribution is -2.55. The maximum Gasteiger partial charge on any atom is 0.521 e. The van der Waals surface area contributed by atoms with Gasteiger partial charge in [-0.05, 0) is 20.8 Å². The van der Waals surface area contributed by atoms with Gasteiger partial charge < -0.3 is 14.6 Å². The highest BCUT2D eigenvalue weighted by atomic mass is 16.6. The molecule has 0 spiro atoms. The van der Waals surface area contributed by atoms with Crippen LogP contribution in [-0.2, 0) is 9.47 Å². The molecule has 0 fully saturated rings. The minimum atomic E-state index is -1.44. The van der Waals surface area contributed by atoms with Crippen LogP contribution in [0.15, 0.2) is 11.0 Å². The van der Waals surface area contributed by atoms with Crippen LogP contribution >= 0.6 is 0 Å². The van der Waals surface area contributed by atoms with E-state index in [4.69, 9.17) is 9.47 Å². The molecule has 0 saturated heterocycles. The van der Waals surface area contributed by atoms with Crippen molar-refractivity contribution in [2.75, 3.05) is 27.3 Å². The fraction of sp³-hybridized carbons (Fsp3) is 0.600. The number of nitrogens with zero attached hydrogens (tertiary/aromatic N) is 2. The monoisotopic (exact) mass is 342 g/mol. The summed E-state index contributed by atoms with van der Waals surface area (Å²) in [6.45, 7) is 5.68. The number of hydrogen-bond donors (Lipinski definition) is 2. The predicted molar refractivity (Wildman–Crippen MR) is 87.1 cm³/mol. The highest BCUT2D eigenvalue weighted by Crippen LogP contribution is 2.26. The van der Waals surface area contributed by atoms with E-state index in [-0.39, 0.29) is 12.2 Å². The van der Waals surface area contributed by atoms with Crippen LogP contribution in [-0.4, -0.2) is 60.3 Å². The zero-order valence-corrected chi connectivity index (χ0v) is 14.6. The summed E-state index contributed by atoms with van der Waals surface area (Å²) < 4.78 is 9.89. The molecule has 0 bridgehead atoms. The second-order valence-electron chi connectivity index (χ2n) is 6.51. The molecular weight excluding hydrogens is 318 g/mol. The van der Waals surface area contributed by atoms with Gasteiger partial charge in [-0.2, -0.15) is 14.4 Å². The third kappa shape index (κ3) is 4.62. The number of hydrogen-bond acceptors (Lipinski definition) is 6. The van der Waals surface area contributed by atoms with Crippen LogP contribution in [0.4, 0.5) is 10.5 Å². The first-order chi connectivity index (χ1) is 11.0. The van der Waals surface area contributed by atoms with Crippen LogP contribution in [0, 0.1) is 0 Å². The standard InChI is InChI=1S/C15H23N3O6/c1-15(2,3)24-14(22)18(4,7-6-8-23-5)10-9-16-17-12(19)11(10)13(20)21/h9H,6-8H2,1-5H3,(H-,17,19,20,21)/p+1. The van der Waals surface area contributed by atoms with Crippen LogP contribution in [0.5, 0.6) is 0 Å². The molecular formula is C15H24N3O6+. The van der Waals surface area contributed by atoms with E-state index >= 15 is 0 Å². The van der Waals surface area contributed by atoms with Gasteiger partial charge >= 0.3 is 12.1 Å². The lowest BCUT2D eigenvalue weighted by atomic mass is 10.2. The van der Waals surface area contributed by atoms with Crippen molar-refractivity contribution in [3.8, 4) is 0 Å². The van der Waals surface area contributed by atoms with E-state index in [1.54, 1.807) is 20.8 Å². The molecule has 0 aliphatic heterocycles. The summed E-state index contributed by atoms with van der Waals surface area (Å²) >= 11 is 0. The van der Waals surface area contributed by atoms with Crippen molar-refractivity contribution >= 4 is 17.7 Å². The molecule has 0 radical (unpaired) electrons. The van der Waals surface area contributed by atoms with E-state index in [1.807, 2.05) is 0 Å². The van der Waals surface area contributed by atoms with E-state index in [0.717, 1.165) is 0 Å². The molecule has 1 atom stereocenters. The topological polar surface area (TPSA) is 119 Å². The first-order valence-electron chi connectivity index (χ1n) is 7.42. The molecule has 0 aliphatic rings. The van der Waals surface area contributed by atoms with Crippen molar-refractivity contribution in [3.63, 3.8) is 0 Å². The van der Waals surface area contributed by atoms with Gasteiger partial charge in [-0.25, -0.2) is 9.89 Å². The van der Waals surface area contributed by atoms with Crippen LogP contribution in [0.2, 0.25) is 0 Å². The SMILES string of the molecule is COCCC[N+](C)(C(=O)OC(C)(C)C)c1cn[nH]c(=O)c1C(=O)O. The predicted octanol–water partition coefficient (Wildman–Crippen LogP) is 1.38. The number of carbonyl (C=O) groups excluding carboxylic acids is 1. The molecule has 0 saturated carbocycles. The highest BCUT2D eigenvalue weighted by molar-refractivity contribution is 5.96. The fourth-order valence-electron chi connectivity index (χ4n) is 2.17. The molecule has 24 heavy (non-hydrogen) atoms. The molecule has 134 valence electrons. The largest absolute Gasteiger partial charge is 0.521 e. The molecule has 2 N–H and O–H groups in total. The van der Waals surface area contributed by atoms with Gasteiger partial charge in [-0.3, -0.25) is 4.79 Å². The Balaban J connectivity index is 3.43. The summed E-state index contributed by atoms with van der Waals surface area (Å²) in [7, 11) is 3.02. The number of aromatic amines is 1. The van der Waals surface area contributed by atoms with E-state index in [0.29, 0.717) is 13.0 Å². The van der Waals surface area contributed by atoms with Gasteiger partial charge in [0.1, 0.15) is 11.8 Å². The van der Waals surface area contributed by atoms with Crippen LogP contribution in [0.3, 0.4) is 0 Å². The number of aromatic carboxylic acids is 1. The zero-order valence-electron chi connectivity index (χ0n) is 14.6. The average Bonchev–Trinajstić information content (AvgIpc) is 2.44. The maximum absolute atomic E-state index is 12.7. The van der Waals surface area contributed by atoms with Gasteiger partial charge in [0.25, 0.3) is 5.56 Å². The molecule has 1 aromatic rings. The quantitative estimate of drug-likeness (QED) is 0.592. The van der Waals surface area contributed by atoms with E-state index in [1.165, 1.54) is 20.4 Å². The first kappa shape index (κ1) is 19.8. The van der Waals surface area contributed by atoms with Gasteiger partial charge in [-0.1, -0.05) is 0 Å². The molecule has 0 aromatic carbocycles. The third-order valence-corrected chi connectivity index (χ3v) is 3.33. The number of nitrogens with one attached hydrogen (secondary N) is 1. The Bertz CT molecular complexity index is 664. The Morgan fingerprint density at radius 1 is 1.38 bits per heavy atom. The highest BCUT2D eigenvalue weighted by Gasteiger charge is 2.43. The summed E-state index contributed by atoms with van der Waals surface area (Å²) in [6.07, 6.45) is 0.952. The Kier molecular flexibility index (Phi) is 6.22. The van der Waals surface area contributed by atoms with Crippen molar-refractivity contribution in [2.45, 2.75) is 32.8 Å². The number of methoxy groups -OCH3 is 1. The van der Waals surface area contributed by atoms with Crippen molar-refractivity contribution in [1.82, 2.24) is 14.7 Å². The molecule has 1 amide bonds. The normalized spacial score (nSPS) is 14.0. The van der Waals surface area contributed by atoms with Crippen LogP contribution < -0.4 is 10.0 Å². The summed E-state index contributed by atoms with van der Waals surface area (Å²) in [4.78, 5) is 36.1. The summed E-state index contributed by atoms with van der Waals surface area (Å²) in [5.41, 5.74) is -2.21. The number of aromatic nitrogens is 2. The van der Waals surface area contributed by atoms with Gasteiger partial charge in [0.05, 0.1) is 20.2 Å². The second-order valence-corrected chi connectivity index (χ2v) is 6.51. The van der Waals surface area contributed by atoms with Gasteiger partial charge in [0.2, 0.25) is 0 Å². The van der Waals surface area contributed by atoms with Crippen LogP contribution in [0.25, 0.3) is 0 Å². The molecule has 0 aliphatic carbocycles. The molecule has 9 nitrogen and oxygen atoms in total. The number of amides is 1. The van der Waals surface area contributed by atoms with Crippen molar-refractivity contribution in [3.05, 3.63) is 22.1 Å². The smallest absolute Gasteiger partial charge is 0.477 e. The fourth-order valence-corrected chi connectivity index (χ4v) is 2.17. The number of ether oxygens (including phenoxy) is 2. The molecule has 1 rings (SSSR count). The Hall–Kier alpha value is -2.26. The maximum atomic E-state index is 12.7. The number of rotatable bonds is 6. The lowest BCUT2D eigenvalue weighted by Gasteiger charge is -2.32. The summed E-state index contributed by atoms with van der Waals surface area (Å²) in [6, 6.07) is 0. The van der Waals surface area contributed by atoms with Crippen LogP contribution in [0.1, 0.15) is 37.6 Å². The average molecular weight is 342 g/mol. The van der Waals surface area contributed by atoms with Gasteiger partial charge in [0, 0.05) is 13.5 Å². The third-order valence-electron chi connectivity index (χ3n) is 3.33. The molecule has 1 unspecified atom stereocenters. The number of carbonyl (C=O) groups is 2. The Morgan fingerprint density at radius 3 is 2.50 bits per heavy atom. The Morgan fingerprint density at radius 2 is 2.00 bits per heavy atom. The summed E-state index contributed by atoms with van der Waals surface area (Å²) in [5.74, 6) is -1.44. The number of carboxylic acid groups (broad SMARTS) is 1. The van der Waals surface area contributed by atoms with E-state index in [2.05, 4.69) is 10.2 Å². The zero-order chi connectivity index (χ0) is 18.5. The second kappa shape index (κ2) is 7.54. The Labute approximate surface area is 139 Å². The minimum absolute atomic E-state index is 0.0309. The van der Waals surface area contributed by atoms with Gasteiger partial charge in [-0.15, -0.1) is 0 Å². The molecule has 9 heteroatoms. The summed E-state index contributed by atoms with van der Waals surface area (Å²) in [5, 5.41) is 15.1. The molecule has 1 aromatic heterocycles. The lowest BCUT2D eigenvalue weighted by molar-refractivity contribution is 0.0293. The minimum Gasteiger partial charge on any atom is -0.477 e. The van der Waals surface area contributed by atoms with Crippen molar-refractivity contribution in [2.24, 2.45) is 0 Å². The number of quaternary nitrogens is 1. The van der Waals surface area contributed by atoms with Crippen molar-refractivity contribution in [1.29, 1.82) is 0 Å². The molecule has 1 heterocycles. The van der Waals surface area contributed by atoms with E-state index in [9.17, 15) is 19.5 Å². The number of H-pyrrole nitrogens is 1.